The van der Waals surface area contributed by atoms with Gasteiger partial charge in [0.2, 0.25) is 0 Å². The number of benzene rings is 1. The third kappa shape index (κ3) is 4.56. The SMILES string of the molecule is CCC(CC(=O)O)NC(=O)c1cc(I)ccc1Br. The second kappa shape index (κ2) is 7.08. The first kappa shape index (κ1) is 15.4. The van der Waals surface area contributed by atoms with Crippen molar-refractivity contribution in [2.75, 3.05) is 0 Å². The van der Waals surface area contributed by atoms with Gasteiger partial charge in [-0.3, -0.25) is 9.59 Å². The first-order valence-corrected chi connectivity index (χ1v) is 7.29. The Labute approximate surface area is 127 Å². The summed E-state index contributed by atoms with van der Waals surface area (Å²) in [4.78, 5) is 22.7. The number of amides is 1. The Morgan fingerprint density at radius 2 is 2.17 bits per heavy atom. The van der Waals surface area contributed by atoms with E-state index in [2.05, 4.69) is 43.8 Å². The van der Waals surface area contributed by atoms with Gasteiger partial charge in [-0.25, -0.2) is 0 Å². The van der Waals surface area contributed by atoms with Crippen molar-refractivity contribution in [3.05, 3.63) is 31.8 Å². The van der Waals surface area contributed by atoms with E-state index in [0.29, 0.717) is 16.5 Å². The van der Waals surface area contributed by atoms with Crippen LogP contribution in [0.3, 0.4) is 0 Å². The number of halogens is 2. The molecule has 2 N–H and O–H groups in total. The number of aliphatic carboxylic acids is 1. The third-order valence-electron chi connectivity index (χ3n) is 2.42. The summed E-state index contributed by atoms with van der Waals surface area (Å²) in [5.74, 6) is -1.17. The average molecular weight is 426 g/mol. The molecule has 0 saturated carbocycles. The van der Waals surface area contributed by atoms with Crippen molar-refractivity contribution in [1.29, 1.82) is 0 Å². The molecule has 0 aliphatic carbocycles. The van der Waals surface area contributed by atoms with Crippen molar-refractivity contribution >= 4 is 50.4 Å². The Morgan fingerprint density at radius 3 is 2.72 bits per heavy atom. The second-order valence-electron chi connectivity index (χ2n) is 3.80. The fourth-order valence-corrected chi connectivity index (χ4v) is 2.36. The maximum absolute atomic E-state index is 12.0. The fraction of sp³-hybridized carbons (Fsp3) is 0.333. The van der Waals surface area contributed by atoms with Crippen LogP contribution >= 0.6 is 38.5 Å². The monoisotopic (exact) mass is 425 g/mol. The summed E-state index contributed by atoms with van der Waals surface area (Å²) in [7, 11) is 0. The lowest BCUT2D eigenvalue weighted by Crippen LogP contribution is -2.36. The zero-order valence-electron chi connectivity index (χ0n) is 9.74. The molecule has 1 aromatic rings. The molecule has 1 rings (SSSR count). The number of rotatable bonds is 5. The Balaban J connectivity index is 2.80. The molecule has 1 unspecified atom stereocenters. The molecule has 18 heavy (non-hydrogen) atoms. The smallest absolute Gasteiger partial charge is 0.305 e. The lowest BCUT2D eigenvalue weighted by molar-refractivity contribution is -0.137. The van der Waals surface area contributed by atoms with E-state index < -0.39 is 5.97 Å². The van der Waals surface area contributed by atoms with Crippen LogP contribution < -0.4 is 5.32 Å². The summed E-state index contributed by atoms with van der Waals surface area (Å²) in [6, 6.07) is 5.10. The lowest BCUT2D eigenvalue weighted by atomic mass is 10.1. The maximum atomic E-state index is 12.0. The van der Waals surface area contributed by atoms with Crippen LogP contribution in [-0.4, -0.2) is 23.0 Å². The van der Waals surface area contributed by atoms with E-state index >= 15 is 0 Å². The standard InChI is InChI=1S/C12H13BrINO3/c1-2-8(6-11(16)17)15-12(18)9-5-7(14)3-4-10(9)13/h3-5,8H,2,6H2,1H3,(H,15,18)(H,16,17). The Bertz CT molecular complexity index is 465. The molecule has 0 heterocycles. The molecule has 0 fully saturated rings. The first-order chi connectivity index (χ1) is 8.43. The van der Waals surface area contributed by atoms with Gasteiger partial charge in [-0.05, 0) is 63.1 Å². The van der Waals surface area contributed by atoms with Crippen molar-refractivity contribution in [2.45, 2.75) is 25.8 Å². The van der Waals surface area contributed by atoms with Gasteiger partial charge in [0.1, 0.15) is 0 Å². The third-order valence-corrected chi connectivity index (χ3v) is 3.78. The summed E-state index contributed by atoms with van der Waals surface area (Å²) < 4.78 is 1.65. The number of carbonyl (C=O) groups excluding carboxylic acids is 1. The lowest BCUT2D eigenvalue weighted by Gasteiger charge is -2.15. The number of hydrogen-bond donors (Lipinski definition) is 2. The van der Waals surface area contributed by atoms with Gasteiger partial charge < -0.3 is 10.4 Å². The molecule has 4 nitrogen and oxygen atoms in total. The average Bonchev–Trinajstić information content (AvgIpc) is 2.30. The molecular weight excluding hydrogens is 413 g/mol. The summed E-state index contributed by atoms with van der Waals surface area (Å²) in [6.07, 6.45) is 0.517. The zero-order chi connectivity index (χ0) is 13.7. The van der Waals surface area contributed by atoms with Crippen molar-refractivity contribution in [1.82, 2.24) is 5.32 Å². The van der Waals surface area contributed by atoms with Crippen LogP contribution in [-0.2, 0) is 4.79 Å². The largest absolute Gasteiger partial charge is 0.481 e. The number of carboxylic acid groups (broad SMARTS) is 1. The Hall–Kier alpha value is -0.630. The number of carboxylic acids is 1. The number of carbonyl (C=O) groups is 2. The molecule has 1 aromatic carbocycles. The zero-order valence-corrected chi connectivity index (χ0v) is 13.5. The van der Waals surface area contributed by atoms with Gasteiger partial charge in [0.15, 0.2) is 0 Å². The van der Waals surface area contributed by atoms with Gasteiger partial charge in [-0.2, -0.15) is 0 Å². The molecule has 1 atom stereocenters. The summed E-state index contributed by atoms with van der Waals surface area (Å²) in [6.45, 7) is 1.84. The van der Waals surface area contributed by atoms with E-state index in [1.54, 1.807) is 12.1 Å². The molecule has 0 aliphatic heterocycles. The van der Waals surface area contributed by atoms with E-state index in [4.69, 9.17) is 5.11 Å². The van der Waals surface area contributed by atoms with Crippen molar-refractivity contribution in [3.63, 3.8) is 0 Å². The minimum atomic E-state index is -0.913. The van der Waals surface area contributed by atoms with Gasteiger partial charge in [0.05, 0.1) is 12.0 Å². The van der Waals surface area contributed by atoms with E-state index in [1.165, 1.54) is 0 Å². The van der Waals surface area contributed by atoms with Crippen LogP contribution in [0.5, 0.6) is 0 Å². The van der Waals surface area contributed by atoms with E-state index in [9.17, 15) is 9.59 Å². The minimum Gasteiger partial charge on any atom is -0.481 e. The molecule has 1 amide bonds. The number of nitrogens with one attached hydrogen (secondary N) is 1. The highest BCUT2D eigenvalue weighted by Gasteiger charge is 2.17. The van der Waals surface area contributed by atoms with Crippen LogP contribution in [0.1, 0.15) is 30.1 Å². The predicted molar refractivity (Wildman–Crippen MR) is 80.7 cm³/mol. The summed E-state index contributed by atoms with van der Waals surface area (Å²) in [5.41, 5.74) is 0.519. The molecule has 0 saturated heterocycles. The van der Waals surface area contributed by atoms with Gasteiger partial charge in [-0.15, -0.1) is 0 Å². The predicted octanol–water partition coefficient (Wildman–Crippen LogP) is 3.04. The van der Waals surface area contributed by atoms with E-state index in [-0.39, 0.29) is 18.4 Å². The second-order valence-corrected chi connectivity index (χ2v) is 5.90. The van der Waals surface area contributed by atoms with Gasteiger partial charge in [0, 0.05) is 14.1 Å². The van der Waals surface area contributed by atoms with Crippen molar-refractivity contribution < 1.29 is 14.7 Å². The van der Waals surface area contributed by atoms with Crippen LogP contribution in [0, 0.1) is 3.57 Å². The van der Waals surface area contributed by atoms with Crippen molar-refractivity contribution in [3.8, 4) is 0 Å². The van der Waals surface area contributed by atoms with E-state index in [0.717, 1.165) is 3.57 Å². The van der Waals surface area contributed by atoms with Crippen molar-refractivity contribution in [2.24, 2.45) is 0 Å². The van der Waals surface area contributed by atoms with Crippen LogP contribution in [0.15, 0.2) is 22.7 Å². The quantitative estimate of drug-likeness (QED) is 0.712. The topological polar surface area (TPSA) is 66.4 Å². The van der Waals surface area contributed by atoms with Gasteiger partial charge >= 0.3 is 5.97 Å². The van der Waals surface area contributed by atoms with E-state index in [1.807, 2.05) is 13.0 Å². The Morgan fingerprint density at radius 1 is 1.50 bits per heavy atom. The fourth-order valence-electron chi connectivity index (χ4n) is 1.44. The van der Waals surface area contributed by atoms with Gasteiger partial charge in [-0.1, -0.05) is 6.92 Å². The molecular formula is C12H13BrINO3. The molecule has 6 heteroatoms. The maximum Gasteiger partial charge on any atom is 0.305 e. The molecule has 0 bridgehead atoms. The molecule has 0 aromatic heterocycles. The van der Waals surface area contributed by atoms with Crippen LogP contribution in [0.2, 0.25) is 0 Å². The summed E-state index contributed by atoms with van der Waals surface area (Å²) in [5, 5.41) is 11.5. The highest BCUT2D eigenvalue weighted by molar-refractivity contribution is 14.1. The minimum absolute atomic E-state index is 0.0657. The highest BCUT2D eigenvalue weighted by Crippen LogP contribution is 2.19. The molecule has 0 spiro atoms. The molecule has 0 radical (unpaired) electrons. The molecule has 0 aliphatic rings. The highest BCUT2D eigenvalue weighted by atomic mass is 127. The normalized spacial score (nSPS) is 11.9. The van der Waals surface area contributed by atoms with Gasteiger partial charge in [0.25, 0.3) is 5.91 Å². The number of hydrogen-bond acceptors (Lipinski definition) is 2. The van der Waals surface area contributed by atoms with Crippen LogP contribution in [0.25, 0.3) is 0 Å². The first-order valence-electron chi connectivity index (χ1n) is 5.41. The molecule has 98 valence electrons. The summed E-state index contributed by atoms with van der Waals surface area (Å²) >= 11 is 5.44. The van der Waals surface area contributed by atoms with Crippen LogP contribution in [0.4, 0.5) is 0 Å². The Kier molecular flexibility index (Phi) is 6.07.